The second-order valence-corrected chi connectivity index (χ2v) is 2.99. The highest BCUT2D eigenvalue weighted by atomic mass is 19.4. The lowest BCUT2D eigenvalue weighted by molar-refractivity contribution is -0.138. The minimum absolute atomic E-state index is 0.0240. The fraction of sp³-hybridized carbons (Fsp3) is 0.400. The Kier molecular flexibility index (Phi) is 3.93. The van der Waals surface area contributed by atoms with Gasteiger partial charge in [0.25, 0.3) is 0 Å². The fourth-order valence-electron chi connectivity index (χ4n) is 1.14. The molecule has 0 N–H and O–H groups in total. The number of rotatable bonds is 3. The number of esters is 1. The van der Waals surface area contributed by atoms with E-state index < -0.39 is 23.4 Å². The molecule has 0 unspecified atom stereocenters. The molecule has 0 bridgehead atoms. The molecule has 1 rings (SSSR count). The minimum atomic E-state index is -4.69. The van der Waals surface area contributed by atoms with E-state index >= 15 is 0 Å². The number of carbonyl (C=O) groups is 1. The summed E-state index contributed by atoms with van der Waals surface area (Å²) in [5.74, 6) is -1.19. The van der Waals surface area contributed by atoms with E-state index in [0.29, 0.717) is 6.07 Å². The van der Waals surface area contributed by atoms with Crippen molar-refractivity contribution in [3.63, 3.8) is 0 Å². The molecule has 0 aliphatic rings. The SMILES string of the molecule is CCOC(=O)c1ncc(OC)cc1C(F)(F)F. The first-order valence-electron chi connectivity index (χ1n) is 4.68. The number of pyridine rings is 1. The van der Waals surface area contributed by atoms with Gasteiger partial charge in [-0.1, -0.05) is 0 Å². The van der Waals surface area contributed by atoms with E-state index in [2.05, 4.69) is 14.5 Å². The van der Waals surface area contributed by atoms with Gasteiger partial charge in [0.1, 0.15) is 5.75 Å². The number of hydrogen-bond donors (Lipinski definition) is 0. The standard InChI is InChI=1S/C10H10F3NO3/c1-3-17-9(15)8-7(10(11,12)13)4-6(16-2)5-14-8/h4-5H,3H2,1-2H3. The van der Waals surface area contributed by atoms with E-state index in [0.717, 1.165) is 6.20 Å². The second kappa shape index (κ2) is 5.03. The average Bonchev–Trinajstić information content (AvgIpc) is 2.27. The molecule has 0 saturated carbocycles. The molecule has 0 saturated heterocycles. The molecule has 1 aromatic heterocycles. The zero-order valence-corrected chi connectivity index (χ0v) is 9.17. The number of aromatic nitrogens is 1. The summed E-state index contributed by atoms with van der Waals surface area (Å²) in [4.78, 5) is 14.7. The van der Waals surface area contributed by atoms with Gasteiger partial charge in [0.05, 0.1) is 25.5 Å². The fourth-order valence-corrected chi connectivity index (χ4v) is 1.14. The van der Waals surface area contributed by atoms with Crippen molar-refractivity contribution in [3.8, 4) is 5.75 Å². The van der Waals surface area contributed by atoms with Crippen LogP contribution < -0.4 is 4.74 Å². The Hall–Kier alpha value is -1.79. The molecule has 4 nitrogen and oxygen atoms in total. The molecule has 0 aliphatic carbocycles. The molecule has 1 heterocycles. The lowest BCUT2D eigenvalue weighted by atomic mass is 10.2. The van der Waals surface area contributed by atoms with E-state index in [1.165, 1.54) is 14.0 Å². The lowest BCUT2D eigenvalue weighted by Crippen LogP contribution is -2.17. The third-order valence-electron chi connectivity index (χ3n) is 1.87. The number of methoxy groups -OCH3 is 1. The van der Waals surface area contributed by atoms with Crippen LogP contribution >= 0.6 is 0 Å². The average molecular weight is 249 g/mol. The Morgan fingerprint density at radius 3 is 2.59 bits per heavy atom. The summed E-state index contributed by atoms with van der Waals surface area (Å²) < 4.78 is 47.1. The van der Waals surface area contributed by atoms with Crippen molar-refractivity contribution in [2.75, 3.05) is 13.7 Å². The molecule has 7 heteroatoms. The lowest BCUT2D eigenvalue weighted by Gasteiger charge is -2.12. The molecule has 0 aliphatic heterocycles. The van der Waals surface area contributed by atoms with Gasteiger partial charge in [-0.3, -0.25) is 0 Å². The number of carbonyl (C=O) groups excluding carboxylic acids is 1. The van der Waals surface area contributed by atoms with E-state index in [1.807, 2.05) is 0 Å². The van der Waals surface area contributed by atoms with Crippen LogP contribution in [0.1, 0.15) is 23.0 Å². The normalized spacial score (nSPS) is 11.1. The van der Waals surface area contributed by atoms with Crippen LogP contribution in [0.3, 0.4) is 0 Å². The van der Waals surface area contributed by atoms with Crippen molar-refractivity contribution in [1.29, 1.82) is 0 Å². The second-order valence-electron chi connectivity index (χ2n) is 2.99. The van der Waals surface area contributed by atoms with E-state index in [4.69, 9.17) is 0 Å². The molecule has 0 amide bonds. The molecular formula is C10H10F3NO3. The Labute approximate surface area is 95.4 Å². The molecule has 1 aromatic rings. The number of alkyl halides is 3. The third-order valence-corrected chi connectivity index (χ3v) is 1.87. The molecule has 17 heavy (non-hydrogen) atoms. The topological polar surface area (TPSA) is 48.4 Å². The molecule has 94 valence electrons. The van der Waals surface area contributed by atoms with Crippen molar-refractivity contribution in [2.45, 2.75) is 13.1 Å². The maximum Gasteiger partial charge on any atom is 0.418 e. The zero-order chi connectivity index (χ0) is 13.1. The monoisotopic (exact) mass is 249 g/mol. The minimum Gasteiger partial charge on any atom is -0.495 e. The summed E-state index contributed by atoms with van der Waals surface area (Å²) in [6.45, 7) is 1.47. The molecule has 0 spiro atoms. The first kappa shape index (κ1) is 13.3. The Balaban J connectivity index is 3.25. The zero-order valence-electron chi connectivity index (χ0n) is 9.17. The molecular weight excluding hydrogens is 239 g/mol. The number of hydrogen-bond acceptors (Lipinski definition) is 4. The van der Waals surface area contributed by atoms with Gasteiger partial charge in [-0.25, -0.2) is 9.78 Å². The molecule has 0 radical (unpaired) electrons. The smallest absolute Gasteiger partial charge is 0.418 e. The van der Waals surface area contributed by atoms with Gasteiger partial charge >= 0.3 is 12.1 Å². The number of ether oxygens (including phenoxy) is 2. The number of nitrogens with zero attached hydrogens (tertiary/aromatic N) is 1. The van der Waals surface area contributed by atoms with Crippen LogP contribution in [-0.4, -0.2) is 24.7 Å². The summed E-state index contributed by atoms with van der Waals surface area (Å²) in [6, 6.07) is 0.708. The van der Waals surface area contributed by atoms with Crippen LogP contribution in [0.25, 0.3) is 0 Å². The quantitative estimate of drug-likeness (QED) is 0.771. The summed E-state index contributed by atoms with van der Waals surface area (Å²) in [6.07, 6.45) is -3.66. The molecule has 0 aromatic carbocycles. The largest absolute Gasteiger partial charge is 0.495 e. The predicted octanol–water partition coefficient (Wildman–Crippen LogP) is 2.29. The van der Waals surface area contributed by atoms with Crippen molar-refractivity contribution in [1.82, 2.24) is 4.98 Å². The number of halogens is 3. The van der Waals surface area contributed by atoms with E-state index in [1.54, 1.807) is 0 Å². The van der Waals surface area contributed by atoms with Crippen molar-refractivity contribution < 1.29 is 27.4 Å². The first-order chi connectivity index (χ1) is 7.90. The summed E-state index contributed by atoms with van der Waals surface area (Å²) in [7, 11) is 1.21. The van der Waals surface area contributed by atoms with Crippen LogP contribution in [0.5, 0.6) is 5.75 Å². The molecule has 0 atom stereocenters. The van der Waals surface area contributed by atoms with Crippen molar-refractivity contribution in [3.05, 3.63) is 23.5 Å². The Morgan fingerprint density at radius 2 is 2.12 bits per heavy atom. The van der Waals surface area contributed by atoms with Gasteiger partial charge in [-0.05, 0) is 13.0 Å². The van der Waals surface area contributed by atoms with Gasteiger partial charge in [0.2, 0.25) is 0 Å². The predicted molar refractivity (Wildman–Crippen MR) is 51.7 cm³/mol. The summed E-state index contributed by atoms with van der Waals surface area (Å²) in [5, 5.41) is 0. The van der Waals surface area contributed by atoms with Gasteiger partial charge in [-0.2, -0.15) is 13.2 Å². The summed E-state index contributed by atoms with van der Waals surface area (Å²) >= 11 is 0. The van der Waals surface area contributed by atoms with Crippen LogP contribution in [0.2, 0.25) is 0 Å². The maximum absolute atomic E-state index is 12.7. The van der Waals surface area contributed by atoms with Crippen LogP contribution in [0.15, 0.2) is 12.3 Å². The highest BCUT2D eigenvalue weighted by Gasteiger charge is 2.37. The van der Waals surface area contributed by atoms with E-state index in [-0.39, 0.29) is 12.4 Å². The molecule has 0 fully saturated rings. The first-order valence-corrected chi connectivity index (χ1v) is 4.68. The van der Waals surface area contributed by atoms with Crippen LogP contribution in [0, 0.1) is 0 Å². The van der Waals surface area contributed by atoms with Crippen molar-refractivity contribution in [2.24, 2.45) is 0 Å². The third kappa shape index (κ3) is 3.08. The van der Waals surface area contributed by atoms with Crippen LogP contribution in [0.4, 0.5) is 13.2 Å². The highest BCUT2D eigenvalue weighted by molar-refractivity contribution is 5.89. The van der Waals surface area contributed by atoms with Gasteiger partial charge in [0, 0.05) is 0 Å². The van der Waals surface area contributed by atoms with Crippen LogP contribution in [-0.2, 0) is 10.9 Å². The highest BCUT2D eigenvalue weighted by Crippen LogP contribution is 2.33. The Bertz CT molecular complexity index is 418. The van der Waals surface area contributed by atoms with Crippen molar-refractivity contribution >= 4 is 5.97 Å². The van der Waals surface area contributed by atoms with Gasteiger partial charge in [0.15, 0.2) is 5.69 Å². The maximum atomic E-state index is 12.7. The van der Waals surface area contributed by atoms with Gasteiger partial charge < -0.3 is 9.47 Å². The summed E-state index contributed by atoms with van der Waals surface area (Å²) in [5.41, 5.74) is -1.93. The van der Waals surface area contributed by atoms with Gasteiger partial charge in [-0.15, -0.1) is 0 Å². The van der Waals surface area contributed by atoms with E-state index in [9.17, 15) is 18.0 Å². The Morgan fingerprint density at radius 1 is 1.47 bits per heavy atom.